The predicted octanol–water partition coefficient (Wildman–Crippen LogP) is 0.873. The molecule has 1 heterocycles. The molecule has 1 atom stereocenters. The van der Waals surface area contributed by atoms with Crippen molar-refractivity contribution in [3.8, 4) is 0 Å². The maximum absolute atomic E-state index is 12.6. The van der Waals surface area contributed by atoms with Crippen LogP contribution in [0.4, 0.5) is 5.69 Å². The fourth-order valence-electron chi connectivity index (χ4n) is 2.43. The molecule has 1 saturated heterocycles. The van der Waals surface area contributed by atoms with Gasteiger partial charge in [0.25, 0.3) is 5.69 Å². The minimum absolute atomic E-state index is 0.00405. The Bertz CT molecular complexity index is 630. The van der Waals surface area contributed by atoms with Gasteiger partial charge in [-0.1, -0.05) is 6.07 Å². The van der Waals surface area contributed by atoms with Crippen LogP contribution in [0.3, 0.4) is 0 Å². The fraction of sp³-hybridized carbons (Fsp3) is 0.500. The maximum Gasteiger partial charge on any atom is 0.273 e. The molecule has 0 aliphatic carbocycles. The van der Waals surface area contributed by atoms with Gasteiger partial charge in [-0.15, -0.1) is 0 Å². The van der Waals surface area contributed by atoms with E-state index in [4.69, 9.17) is 5.73 Å². The lowest BCUT2D eigenvalue weighted by atomic mass is 10.1. The van der Waals surface area contributed by atoms with Gasteiger partial charge in [-0.3, -0.25) is 10.1 Å². The molecule has 7 nitrogen and oxygen atoms in total. The molecule has 2 rings (SSSR count). The van der Waals surface area contributed by atoms with Crippen LogP contribution in [0, 0.1) is 23.0 Å². The van der Waals surface area contributed by atoms with Crippen molar-refractivity contribution in [2.45, 2.75) is 18.2 Å². The first-order valence-electron chi connectivity index (χ1n) is 6.32. The molecule has 20 heavy (non-hydrogen) atoms. The van der Waals surface area contributed by atoms with Crippen molar-refractivity contribution in [1.82, 2.24) is 4.31 Å². The summed E-state index contributed by atoms with van der Waals surface area (Å²) in [4.78, 5) is 10.3. The number of nitro benzene ring substituents is 1. The third kappa shape index (κ3) is 2.54. The van der Waals surface area contributed by atoms with Crippen LogP contribution >= 0.6 is 0 Å². The Kier molecular flexibility index (Phi) is 4.07. The summed E-state index contributed by atoms with van der Waals surface area (Å²) in [6.45, 7) is 2.69. The smallest absolute Gasteiger partial charge is 0.273 e. The van der Waals surface area contributed by atoms with Crippen LogP contribution in [0.5, 0.6) is 0 Å². The zero-order valence-corrected chi connectivity index (χ0v) is 12.0. The van der Waals surface area contributed by atoms with Crippen molar-refractivity contribution >= 4 is 15.7 Å². The van der Waals surface area contributed by atoms with Gasteiger partial charge in [0.1, 0.15) is 0 Å². The van der Waals surface area contributed by atoms with Crippen molar-refractivity contribution in [3.05, 3.63) is 33.9 Å². The molecule has 8 heteroatoms. The van der Waals surface area contributed by atoms with E-state index in [-0.39, 0.29) is 22.1 Å². The summed E-state index contributed by atoms with van der Waals surface area (Å²) in [5, 5.41) is 10.9. The van der Waals surface area contributed by atoms with Gasteiger partial charge in [0.05, 0.1) is 9.82 Å². The van der Waals surface area contributed by atoms with Crippen molar-refractivity contribution in [3.63, 3.8) is 0 Å². The number of benzene rings is 1. The molecule has 1 aromatic carbocycles. The van der Waals surface area contributed by atoms with Crippen LogP contribution in [0.2, 0.25) is 0 Å². The van der Waals surface area contributed by atoms with E-state index in [9.17, 15) is 18.5 Å². The Labute approximate surface area is 117 Å². The van der Waals surface area contributed by atoms with Gasteiger partial charge < -0.3 is 5.73 Å². The van der Waals surface area contributed by atoms with Crippen LogP contribution in [0.1, 0.15) is 12.0 Å². The molecule has 2 N–H and O–H groups in total. The first-order chi connectivity index (χ1) is 9.37. The van der Waals surface area contributed by atoms with Crippen molar-refractivity contribution in [1.29, 1.82) is 0 Å². The Hall–Kier alpha value is -1.51. The number of nitro groups is 1. The van der Waals surface area contributed by atoms with Gasteiger partial charge in [-0.2, -0.15) is 4.31 Å². The summed E-state index contributed by atoms with van der Waals surface area (Å²) >= 11 is 0. The average molecular weight is 299 g/mol. The number of hydrogen-bond donors (Lipinski definition) is 1. The lowest BCUT2D eigenvalue weighted by Gasteiger charge is -2.17. The monoisotopic (exact) mass is 299 g/mol. The minimum Gasteiger partial charge on any atom is -0.330 e. The van der Waals surface area contributed by atoms with Gasteiger partial charge in [0.15, 0.2) is 0 Å². The van der Waals surface area contributed by atoms with Crippen molar-refractivity contribution < 1.29 is 13.3 Å². The van der Waals surface area contributed by atoms with E-state index in [2.05, 4.69) is 0 Å². The van der Waals surface area contributed by atoms with Crippen LogP contribution in [0.15, 0.2) is 23.1 Å². The molecule has 0 aromatic heterocycles. The highest BCUT2D eigenvalue weighted by Crippen LogP contribution is 2.29. The van der Waals surface area contributed by atoms with Crippen LogP contribution in [-0.2, 0) is 10.0 Å². The molecular weight excluding hydrogens is 282 g/mol. The molecule has 0 saturated carbocycles. The normalized spacial score (nSPS) is 20.2. The quantitative estimate of drug-likeness (QED) is 0.656. The molecule has 1 aromatic rings. The van der Waals surface area contributed by atoms with Gasteiger partial charge in [-0.25, -0.2) is 8.42 Å². The summed E-state index contributed by atoms with van der Waals surface area (Å²) < 4.78 is 26.5. The zero-order chi connectivity index (χ0) is 14.9. The second-order valence-electron chi connectivity index (χ2n) is 4.91. The van der Waals surface area contributed by atoms with Gasteiger partial charge in [0.2, 0.25) is 10.0 Å². The number of hydrogen-bond acceptors (Lipinski definition) is 5. The highest BCUT2D eigenvalue weighted by atomic mass is 32.2. The highest BCUT2D eigenvalue weighted by molar-refractivity contribution is 7.89. The minimum atomic E-state index is -3.70. The fourth-order valence-corrected chi connectivity index (χ4v) is 4.20. The SMILES string of the molecule is Cc1c([N+](=O)[O-])cccc1S(=O)(=O)N1CCC(CN)C1. The number of nitrogens with two attached hydrogens (primary N) is 1. The van der Waals surface area contributed by atoms with Crippen LogP contribution < -0.4 is 5.73 Å². The first-order valence-corrected chi connectivity index (χ1v) is 7.76. The van der Waals surface area contributed by atoms with Crippen molar-refractivity contribution in [2.24, 2.45) is 11.7 Å². The number of rotatable bonds is 4. The molecule has 1 aliphatic heterocycles. The molecule has 1 unspecified atom stereocenters. The standard InChI is InChI=1S/C12H17N3O4S/c1-9-11(15(16)17)3-2-4-12(9)20(18,19)14-6-5-10(7-13)8-14/h2-4,10H,5-8,13H2,1H3. The lowest BCUT2D eigenvalue weighted by molar-refractivity contribution is -0.385. The second-order valence-corrected chi connectivity index (χ2v) is 6.82. The summed E-state index contributed by atoms with van der Waals surface area (Å²) in [6, 6.07) is 4.11. The van der Waals surface area contributed by atoms with Gasteiger partial charge in [-0.05, 0) is 31.9 Å². The Morgan fingerprint density at radius 2 is 2.20 bits per heavy atom. The van der Waals surface area contributed by atoms with E-state index in [1.165, 1.54) is 29.4 Å². The van der Waals surface area contributed by atoms with E-state index >= 15 is 0 Å². The molecule has 1 fully saturated rings. The largest absolute Gasteiger partial charge is 0.330 e. The summed E-state index contributed by atoms with van der Waals surface area (Å²) in [7, 11) is -3.70. The van der Waals surface area contributed by atoms with Crippen molar-refractivity contribution in [2.75, 3.05) is 19.6 Å². The average Bonchev–Trinajstić information content (AvgIpc) is 2.87. The van der Waals surface area contributed by atoms with E-state index in [1.807, 2.05) is 0 Å². The topological polar surface area (TPSA) is 107 Å². The molecular formula is C12H17N3O4S. The van der Waals surface area contributed by atoms with E-state index < -0.39 is 14.9 Å². The molecule has 1 aliphatic rings. The van der Waals surface area contributed by atoms with Crippen LogP contribution in [-0.4, -0.2) is 37.3 Å². The molecule has 0 bridgehead atoms. The van der Waals surface area contributed by atoms with E-state index in [1.54, 1.807) is 0 Å². The molecule has 0 spiro atoms. The van der Waals surface area contributed by atoms with E-state index in [0.717, 1.165) is 6.42 Å². The third-order valence-electron chi connectivity index (χ3n) is 3.65. The van der Waals surface area contributed by atoms with Gasteiger partial charge in [0, 0.05) is 24.7 Å². The molecule has 110 valence electrons. The summed E-state index contributed by atoms with van der Waals surface area (Å²) in [5.41, 5.74) is 5.56. The molecule has 0 radical (unpaired) electrons. The predicted molar refractivity (Wildman–Crippen MR) is 73.8 cm³/mol. The molecule has 0 amide bonds. The first kappa shape index (κ1) is 14.9. The van der Waals surface area contributed by atoms with E-state index in [0.29, 0.717) is 19.6 Å². The van der Waals surface area contributed by atoms with Gasteiger partial charge >= 0.3 is 0 Å². The Morgan fingerprint density at radius 1 is 1.50 bits per heavy atom. The Morgan fingerprint density at radius 3 is 2.75 bits per heavy atom. The highest BCUT2D eigenvalue weighted by Gasteiger charge is 2.34. The number of sulfonamides is 1. The summed E-state index contributed by atoms with van der Waals surface area (Å²) in [5.74, 6) is 0.156. The van der Waals surface area contributed by atoms with Crippen LogP contribution in [0.25, 0.3) is 0 Å². The lowest BCUT2D eigenvalue weighted by Crippen LogP contribution is -2.30. The zero-order valence-electron chi connectivity index (χ0n) is 11.2. The maximum atomic E-state index is 12.6. The second kappa shape index (κ2) is 5.47. The number of nitrogens with zero attached hydrogens (tertiary/aromatic N) is 2. The third-order valence-corrected chi connectivity index (χ3v) is 5.66. The Balaban J connectivity index is 2.41. The summed E-state index contributed by atoms with van der Waals surface area (Å²) in [6.07, 6.45) is 0.726.